The van der Waals surface area contributed by atoms with Gasteiger partial charge in [0.2, 0.25) is 0 Å². The van der Waals surface area contributed by atoms with Crippen LogP contribution in [-0.4, -0.2) is 28.0 Å². The Kier molecular flexibility index (Phi) is 6.09. The van der Waals surface area contributed by atoms with E-state index < -0.39 is 0 Å². The van der Waals surface area contributed by atoms with Crippen molar-refractivity contribution < 1.29 is 0 Å². The van der Waals surface area contributed by atoms with Crippen molar-refractivity contribution in [3.05, 3.63) is 48.2 Å². The number of aromatic nitrogens is 3. The third-order valence-corrected chi connectivity index (χ3v) is 3.23. The largest absolute Gasteiger partial charge is 0.351 e. The third-order valence-electron chi connectivity index (χ3n) is 3.23. The normalized spacial score (nSPS) is 10.6. The van der Waals surface area contributed by atoms with E-state index in [0.717, 1.165) is 44.1 Å². The molecule has 0 aliphatic rings. The average Bonchev–Trinajstić information content (AvgIpc) is 2.54. The van der Waals surface area contributed by atoms with Gasteiger partial charge >= 0.3 is 0 Å². The zero-order valence-corrected chi connectivity index (χ0v) is 12.8. The van der Waals surface area contributed by atoms with E-state index in [1.807, 2.05) is 36.9 Å². The van der Waals surface area contributed by atoms with Crippen LogP contribution in [0.1, 0.15) is 31.5 Å². The summed E-state index contributed by atoms with van der Waals surface area (Å²) >= 11 is 0. The fourth-order valence-corrected chi connectivity index (χ4v) is 2.09. The minimum absolute atomic E-state index is 0.765. The Morgan fingerprint density at radius 3 is 2.62 bits per heavy atom. The predicted octanol–water partition coefficient (Wildman–Crippen LogP) is 2.40. The van der Waals surface area contributed by atoms with Crippen molar-refractivity contribution in [3.8, 4) is 0 Å². The summed E-state index contributed by atoms with van der Waals surface area (Å²) in [5, 5.41) is 3.36. The topological polar surface area (TPSA) is 53.9 Å². The highest BCUT2D eigenvalue weighted by Crippen LogP contribution is 2.13. The van der Waals surface area contributed by atoms with Crippen molar-refractivity contribution in [3.63, 3.8) is 0 Å². The van der Waals surface area contributed by atoms with Crippen molar-refractivity contribution in [1.82, 2.24) is 20.3 Å². The van der Waals surface area contributed by atoms with Gasteiger partial charge in [0.25, 0.3) is 0 Å². The summed E-state index contributed by atoms with van der Waals surface area (Å²) in [5.41, 5.74) is 2.21. The van der Waals surface area contributed by atoms with E-state index in [4.69, 9.17) is 4.98 Å². The number of nitrogens with zero attached hydrogens (tertiary/aromatic N) is 4. The molecule has 5 nitrogen and oxygen atoms in total. The summed E-state index contributed by atoms with van der Waals surface area (Å²) in [7, 11) is 0. The molecule has 0 saturated carbocycles. The Bertz CT molecular complexity index is 529. The lowest BCUT2D eigenvalue weighted by Crippen LogP contribution is -2.24. The quantitative estimate of drug-likeness (QED) is 0.755. The summed E-state index contributed by atoms with van der Waals surface area (Å²) in [4.78, 5) is 15.3. The molecule has 0 unspecified atom stereocenters. The monoisotopic (exact) mass is 285 g/mol. The Hall–Kier alpha value is -2.01. The van der Waals surface area contributed by atoms with Crippen molar-refractivity contribution in [2.75, 3.05) is 18.0 Å². The molecule has 5 heteroatoms. The summed E-state index contributed by atoms with van der Waals surface area (Å²) < 4.78 is 0. The standard InChI is InChI=1S/C16H23N5/c1-3-7-18-10-15-11-19-12-16(20-15)21(4-2)13-14-5-8-17-9-6-14/h5-6,8-9,11-12,18H,3-4,7,10,13H2,1-2H3. The van der Waals surface area contributed by atoms with Crippen LogP contribution >= 0.6 is 0 Å². The first kappa shape index (κ1) is 15.4. The van der Waals surface area contributed by atoms with E-state index in [1.54, 1.807) is 0 Å². The van der Waals surface area contributed by atoms with E-state index in [1.165, 1.54) is 5.56 Å². The molecule has 0 bridgehead atoms. The second kappa shape index (κ2) is 8.32. The molecule has 2 heterocycles. The minimum atomic E-state index is 0.765. The highest BCUT2D eigenvalue weighted by Gasteiger charge is 2.08. The second-order valence-electron chi connectivity index (χ2n) is 4.92. The van der Waals surface area contributed by atoms with Gasteiger partial charge in [-0.25, -0.2) is 4.98 Å². The van der Waals surface area contributed by atoms with E-state index in [-0.39, 0.29) is 0 Å². The van der Waals surface area contributed by atoms with Crippen LogP contribution in [0.3, 0.4) is 0 Å². The van der Waals surface area contributed by atoms with Gasteiger partial charge in [0.1, 0.15) is 5.82 Å². The molecule has 2 aromatic rings. The molecule has 112 valence electrons. The molecule has 21 heavy (non-hydrogen) atoms. The van der Waals surface area contributed by atoms with Crippen LogP contribution in [0.2, 0.25) is 0 Å². The lowest BCUT2D eigenvalue weighted by molar-refractivity contribution is 0.659. The van der Waals surface area contributed by atoms with Crippen LogP contribution in [0, 0.1) is 0 Å². The molecular formula is C16H23N5. The van der Waals surface area contributed by atoms with Crippen LogP contribution in [0.5, 0.6) is 0 Å². The molecule has 0 amide bonds. The van der Waals surface area contributed by atoms with Gasteiger partial charge in [-0.15, -0.1) is 0 Å². The first-order valence-corrected chi connectivity index (χ1v) is 7.49. The van der Waals surface area contributed by atoms with E-state index in [9.17, 15) is 0 Å². The molecule has 0 radical (unpaired) electrons. The highest BCUT2D eigenvalue weighted by atomic mass is 15.2. The molecule has 0 atom stereocenters. The summed E-state index contributed by atoms with van der Waals surface area (Å²) in [6.45, 7) is 7.76. The molecule has 2 rings (SSSR count). The van der Waals surface area contributed by atoms with Crippen molar-refractivity contribution >= 4 is 5.82 Å². The van der Waals surface area contributed by atoms with Crippen LogP contribution in [0.15, 0.2) is 36.9 Å². The summed E-state index contributed by atoms with van der Waals surface area (Å²) in [5.74, 6) is 0.921. The van der Waals surface area contributed by atoms with Gasteiger partial charge in [-0.05, 0) is 37.6 Å². The first-order valence-electron chi connectivity index (χ1n) is 7.49. The zero-order chi connectivity index (χ0) is 14.9. The van der Waals surface area contributed by atoms with Crippen LogP contribution in [0.25, 0.3) is 0 Å². The Balaban J connectivity index is 2.05. The highest BCUT2D eigenvalue weighted by molar-refractivity contribution is 5.37. The van der Waals surface area contributed by atoms with Gasteiger partial charge < -0.3 is 10.2 Å². The molecule has 0 aliphatic heterocycles. The van der Waals surface area contributed by atoms with Gasteiger partial charge in [-0.2, -0.15) is 0 Å². The average molecular weight is 285 g/mol. The fourth-order valence-electron chi connectivity index (χ4n) is 2.09. The lowest BCUT2D eigenvalue weighted by atomic mass is 10.2. The lowest BCUT2D eigenvalue weighted by Gasteiger charge is -2.22. The van der Waals surface area contributed by atoms with Gasteiger partial charge in [0.05, 0.1) is 11.9 Å². The van der Waals surface area contributed by atoms with Gasteiger partial charge in [-0.3, -0.25) is 9.97 Å². The maximum Gasteiger partial charge on any atom is 0.147 e. The molecule has 0 fully saturated rings. The molecule has 0 spiro atoms. The number of hydrogen-bond acceptors (Lipinski definition) is 5. The van der Waals surface area contributed by atoms with Crippen LogP contribution < -0.4 is 10.2 Å². The second-order valence-corrected chi connectivity index (χ2v) is 4.92. The van der Waals surface area contributed by atoms with E-state index in [0.29, 0.717) is 0 Å². The Morgan fingerprint density at radius 2 is 1.90 bits per heavy atom. The first-order chi connectivity index (χ1) is 10.3. The van der Waals surface area contributed by atoms with Crippen molar-refractivity contribution in [2.45, 2.75) is 33.4 Å². The van der Waals surface area contributed by atoms with Gasteiger partial charge in [0, 0.05) is 38.2 Å². The Labute approximate surface area is 126 Å². The smallest absolute Gasteiger partial charge is 0.147 e. The van der Waals surface area contributed by atoms with E-state index in [2.05, 4.69) is 34.0 Å². The third kappa shape index (κ3) is 4.79. The minimum Gasteiger partial charge on any atom is -0.351 e. The number of anilines is 1. The Morgan fingerprint density at radius 1 is 1.10 bits per heavy atom. The number of pyridine rings is 1. The van der Waals surface area contributed by atoms with Crippen molar-refractivity contribution in [1.29, 1.82) is 0 Å². The fraction of sp³-hybridized carbons (Fsp3) is 0.438. The van der Waals surface area contributed by atoms with Gasteiger partial charge in [0.15, 0.2) is 0 Å². The zero-order valence-electron chi connectivity index (χ0n) is 12.8. The predicted molar refractivity (Wildman–Crippen MR) is 85.0 cm³/mol. The molecule has 0 saturated heterocycles. The number of rotatable bonds is 8. The molecule has 2 aromatic heterocycles. The summed E-state index contributed by atoms with van der Waals surface area (Å²) in [6, 6.07) is 4.06. The maximum atomic E-state index is 4.70. The molecular weight excluding hydrogens is 262 g/mol. The van der Waals surface area contributed by atoms with Crippen LogP contribution in [0.4, 0.5) is 5.82 Å². The van der Waals surface area contributed by atoms with E-state index >= 15 is 0 Å². The SMILES string of the molecule is CCCNCc1cncc(N(CC)Cc2ccncc2)n1. The molecule has 1 N–H and O–H groups in total. The number of hydrogen-bond donors (Lipinski definition) is 1. The maximum absolute atomic E-state index is 4.70. The number of nitrogens with one attached hydrogen (secondary N) is 1. The molecule has 0 aliphatic carbocycles. The van der Waals surface area contributed by atoms with Gasteiger partial charge in [-0.1, -0.05) is 6.92 Å². The summed E-state index contributed by atoms with van der Waals surface area (Å²) in [6.07, 6.45) is 8.41. The molecule has 0 aromatic carbocycles. The van der Waals surface area contributed by atoms with Crippen molar-refractivity contribution in [2.24, 2.45) is 0 Å². The van der Waals surface area contributed by atoms with Crippen LogP contribution in [-0.2, 0) is 13.1 Å².